The Balaban J connectivity index is 1.61. The van der Waals surface area contributed by atoms with Gasteiger partial charge < -0.3 is 10.1 Å². The quantitative estimate of drug-likeness (QED) is 0.600. The van der Waals surface area contributed by atoms with Crippen molar-refractivity contribution in [3.63, 3.8) is 0 Å². The van der Waals surface area contributed by atoms with Crippen LogP contribution in [0.4, 0.5) is 5.69 Å². The minimum absolute atomic E-state index is 0.0886. The molecule has 0 heterocycles. The third-order valence-electron chi connectivity index (χ3n) is 4.30. The van der Waals surface area contributed by atoms with Crippen molar-refractivity contribution in [2.24, 2.45) is 0 Å². The van der Waals surface area contributed by atoms with Crippen LogP contribution in [-0.2, 0) is 9.53 Å². The standard InChI is InChI=1S/C24H20N2O5/c1-16-8-7-11-18(14-16)23(29)25-20-13-6-5-12-19(20)24(30)31-15-21(27)26-22(28)17-9-3-2-4-10-17/h2-14H,15H2,1H3,(H,25,29)(H,26,27,28). The molecule has 0 aliphatic heterocycles. The van der Waals surface area contributed by atoms with E-state index in [1.54, 1.807) is 66.7 Å². The fraction of sp³-hybridized carbons (Fsp3) is 0.0833. The van der Waals surface area contributed by atoms with E-state index < -0.39 is 24.4 Å². The molecule has 0 saturated carbocycles. The lowest BCUT2D eigenvalue weighted by atomic mass is 10.1. The van der Waals surface area contributed by atoms with Crippen LogP contribution < -0.4 is 10.6 Å². The van der Waals surface area contributed by atoms with Crippen molar-refractivity contribution in [1.82, 2.24) is 5.32 Å². The Hall–Kier alpha value is -4.26. The number of anilines is 1. The van der Waals surface area contributed by atoms with E-state index in [0.717, 1.165) is 5.56 Å². The molecule has 3 aromatic rings. The Morgan fingerprint density at radius 2 is 1.45 bits per heavy atom. The lowest BCUT2D eigenvalue weighted by Gasteiger charge is -2.11. The molecule has 0 radical (unpaired) electrons. The zero-order valence-electron chi connectivity index (χ0n) is 16.8. The highest BCUT2D eigenvalue weighted by molar-refractivity contribution is 6.09. The van der Waals surface area contributed by atoms with Crippen LogP contribution in [0, 0.1) is 6.92 Å². The molecular formula is C24H20N2O5. The topological polar surface area (TPSA) is 102 Å². The number of carbonyl (C=O) groups excluding carboxylic acids is 4. The number of para-hydroxylation sites is 1. The lowest BCUT2D eigenvalue weighted by Crippen LogP contribution is -2.34. The SMILES string of the molecule is Cc1cccc(C(=O)Nc2ccccc2C(=O)OCC(=O)NC(=O)c2ccccc2)c1. The zero-order chi connectivity index (χ0) is 22.2. The first-order valence-electron chi connectivity index (χ1n) is 9.47. The number of hydrogen-bond acceptors (Lipinski definition) is 5. The smallest absolute Gasteiger partial charge is 0.340 e. The molecule has 3 aromatic carbocycles. The van der Waals surface area contributed by atoms with Gasteiger partial charge in [0.2, 0.25) is 0 Å². The number of hydrogen-bond donors (Lipinski definition) is 2. The highest BCUT2D eigenvalue weighted by Gasteiger charge is 2.17. The van der Waals surface area contributed by atoms with Crippen LogP contribution in [0.1, 0.15) is 36.6 Å². The van der Waals surface area contributed by atoms with Crippen molar-refractivity contribution in [3.8, 4) is 0 Å². The van der Waals surface area contributed by atoms with Crippen LogP contribution in [0.25, 0.3) is 0 Å². The zero-order valence-corrected chi connectivity index (χ0v) is 16.8. The molecule has 0 bridgehead atoms. The average molecular weight is 416 g/mol. The molecule has 0 aromatic heterocycles. The van der Waals surface area contributed by atoms with E-state index in [2.05, 4.69) is 10.6 Å². The van der Waals surface area contributed by atoms with Gasteiger partial charge in [-0.2, -0.15) is 0 Å². The van der Waals surface area contributed by atoms with Crippen LogP contribution in [0.15, 0.2) is 78.9 Å². The summed E-state index contributed by atoms with van der Waals surface area (Å²) in [5, 5.41) is 4.83. The van der Waals surface area contributed by atoms with Crippen LogP contribution in [-0.4, -0.2) is 30.3 Å². The molecule has 31 heavy (non-hydrogen) atoms. The monoisotopic (exact) mass is 416 g/mol. The third-order valence-corrected chi connectivity index (χ3v) is 4.30. The number of carbonyl (C=O) groups is 4. The first kappa shape index (κ1) is 21.4. The normalized spacial score (nSPS) is 10.1. The van der Waals surface area contributed by atoms with Gasteiger partial charge in [0.15, 0.2) is 6.61 Å². The summed E-state index contributed by atoms with van der Waals surface area (Å²) in [6, 6.07) is 21.5. The van der Waals surface area contributed by atoms with Crippen molar-refractivity contribution in [3.05, 3.63) is 101 Å². The van der Waals surface area contributed by atoms with E-state index in [1.807, 2.05) is 13.0 Å². The average Bonchev–Trinajstić information content (AvgIpc) is 2.78. The fourth-order valence-electron chi connectivity index (χ4n) is 2.78. The number of aryl methyl sites for hydroxylation is 1. The number of benzene rings is 3. The van der Waals surface area contributed by atoms with Gasteiger partial charge in [-0.3, -0.25) is 19.7 Å². The number of amides is 3. The van der Waals surface area contributed by atoms with Crippen LogP contribution in [0.3, 0.4) is 0 Å². The number of imide groups is 1. The second-order valence-electron chi connectivity index (χ2n) is 6.69. The molecular weight excluding hydrogens is 396 g/mol. The largest absolute Gasteiger partial charge is 0.452 e. The summed E-state index contributed by atoms with van der Waals surface area (Å²) in [6.07, 6.45) is 0. The Morgan fingerprint density at radius 3 is 2.19 bits per heavy atom. The van der Waals surface area contributed by atoms with E-state index in [-0.39, 0.29) is 17.2 Å². The molecule has 3 rings (SSSR count). The van der Waals surface area contributed by atoms with E-state index in [1.165, 1.54) is 6.07 Å². The Labute approximate surface area is 179 Å². The molecule has 0 fully saturated rings. The van der Waals surface area contributed by atoms with Gasteiger partial charge in [-0.05, 0) is 43.3 Å². The summed E-state index contributed by atoms with van der Waals surface area (Å²) >= 11 is 0. The van der Waals surface area contributed by atoms with E-state index in [4.69, 9.17) is 4.74 Å². The predicted molar refractivity (Wildman–Crippen MR) is 115 cm³/mol. The first-order valence-corrected chi connectivity index (χ1v) is 9.47. The second-order valence-corrected chi connectivity index (χ2v) is 6.69. The number of nitrogens with one attached hydrogen (secondary N) is 2. The maximum absolute atomic E-state index is 12.5. The van der Waals surface area contributed by atoms with Crippen molar-refractivity contribution >= 4 is 29.4 Å². The summed E-state index contributed by atoms with van der Waals surface area (Å²) < 4.78 is 5.02. The molecule has 0 aliphatic carbocycles. The summed E-state index contributed by atoms with van der Waals surface area (Å²) in [7, 11) is 0. The predicted octanol–water partition coefficient (Wildman–Crippen LogP) is 3.36. The molecule has 0 saturated heterocycles. The summed E-state index contributed by atoms with van der Waals surface area (Å²) in [6.45, 7) is 1.23. The maximum Gasteiger partial charge on any atom is 0.340 e. The van der Waals surface area contributed by atoms with Crippen molar-refractivity contribution in [1.29, 1.82) is 0 Å². The van der Waals surface area contributed by atoms with Gasteiger partial charge in [0.05, 0.1) is 11.3 Å². The van der Waals surface area contributed by atoms with E-state index >= 15 is 0 Å². The van der Waals surface area contributed by atoms with Gasteiger partial charge in [-0.25, -0.2) is 4.79 Å². The van der Waals surface area contributed by atoms with Gasteiger partial charge in [0.1, 0.15) is 0 Å². The van der Waals surface area contributed by atoms with Gasteiger partial charge in [0.25, 0.3) is 17.7 Å². The number of esters is 1. The molecule has 0 atom stereocenters. The lowest BCUT2D eigenvalue weighted by molar-refractivity contribution is -0.123. The highest BCUT2D eigenvalue weighted by Crippen LogP contribution is 2.18. The highest BCUT2D eigenvalue weighted by atomic mass is 16.5. The van der Waals surface area contributed by atoms with Crippen LogP contribution in [0.5, 0.6) is 0 Å². The minimum atomic E-state index is -0.803. The number of rotatable bonds is 6. The molecule has 7 nitrogen and oxygen atoms in total. The molecule has 0 spiro atoms. The molecule has 2 N–H and O–H groups in total. The third kappa shape index (κ3) is 5.86. The summed E-state index contributed by atoms with van der Waals surface area (Å²) in [5.41, 5.74) is 2.02. The first-order chi connectivity index (χ1) is 14.9. The molecule has 3 amide bonds. The van der Waals surface area contributed by atoms with Crippen LogP contribution >= 0.6 is 0 Å². The van der Waals surface area contributed by atoms with Gasteiger partial charge in [-0.1, -0.05) is 48.0 Å². The van der Waals surface area contributed by atoms with Crippen molar-refractivity contribution in [2.75, 3.05) is 11.9 Å². The Kier molecular flexibility index (Phi) is 6.90. The van der Waals surface area contributed by atoms with Crippen molar-refractivity contribution < 1.29 is 23.9 Å². The maximum atomic E-state index is 12.5. The molecule has 156 valence electrons. The Morgan fingerprint density at radius 1 is 0.774 bits per heavy atom. The van der Waals surface area contributed by atoms with Gasteiger partial charge in [0, 0.05) is 11.1 Å². The van der Waals surface area contributed by atoms with E-state index in [0.29, 0.717) is 11.1 Å². The van der Waals surface area contributed by atoms with Crippen molar-refractivity contribution in [2.45, 2.75) is 6.92 Å². The van der Waals surface area contributed by atoms with E-state index in [9.17, 15) is 19.2 Å². The molecule has 0 aliphatic rings. The van der Waals surface area contributed by atoms with Crippen LogP contribution in [0.2, 0.25) is 0 Å². The van der Waals surface area contributed by atoms with Gasteiger partial charge in [-0.15, -0.1) is 0 Å². The fourth-order valence-corrected chi connectivity index (χ4v) is 2.78. The second kappa shape index (κ2) is 9.98. The molecule has 7 heteroatoms. The summed E-state index contributed by atoms with van der Waals surface area (Å²) in [4.78, 5) is 48.9. The number of ether oxygens (including phenoxy) is 1. The Bertz CT molecular complexity index is 1130. The van der Waals surface area contributed by atoms with Gasteiger partial charge >= 0.3 is 5.97 Å². The molecule has 0 unspecified atom stereocenters. The summed E-state index contributed by atoms with van der Waals surface area (Å²) in [5.74, 6) is -2.53. The minimum Gasteiger partial charge on any atom is -0.452 e.